The molecular formula is C15H21NO3. The first-order valence-corrected chi connectivity index (χ1v) is 7.08. The number of hydrogen-bond donors (Lipinski definition) is 1. The van der Waals surface area contributed by atoms with Crippen LogP contribution in [0.5, 0.6) is 0 Å². The summed E-state index contributed by atoms with van der Waals surface area (Å²) in [6, 6.07) is 4.12. The number of furan rings is 1. The molecule has 0 bridgehead atoms. The average molecular weight is 263 g/mol. The van der Waals surface area contributed by atoms with Crippen LogP contribution in [0.2, 0.25) is 0 Å². The molecule has 4 atom stereocenters. The standard InChI is InChI=1S/C15H21NO3/c1-9-5-12(9)14-4-3-11(19-14)7-16-6-10(2)13(8-16)15(17)18/h3-4,9-10,12-13H,5-8H2,1-2H3,(H,17,18). The largest absolute Gasteiger partial charge is 0.481 e. The smallest absolute Gasteiger partial charge is 0.308 e. The molecular weight excluding hydrogens is 242 g/mol. The van der Waals surface area contributed by atoms with Gasteiger partial charge in [-0.2, -0.15) is 0 Å². The minimum absolute atomic E-state index is 0.218. The summed E-state index contributed by atoms with van der Waals surface area (Å²) in [5.74, 6) is 2.73. The highest BCUT2D eigenvalue weighted by molar-refractivity contribution is 5.71. The molecule has 1 aliphatic heterocycles. The second kappa shape index (κ2) is 4.67. The average Bonchev–Trinajstić information content (AvgIpc) is 2.76. The monoisotopic (exact) mass is 263 g/mol. The van der Waals surface area contributed by atoms with E-state index in [9.17, 15) is 4.79 Å². The lowest BCUT2D eigenvalue weighted by Gasteiger charge is -2.12. The van der Waals surface area contributed by atoms with Crippen LogP contribution in [0.25, 0.3) is 0 Å². The van der Waals surface area contributed by atoms with Gasteiger partial charge in [0.1, 0.15) is 11.5 Å². The Labute approximate surface area is 113 Å². The quantitative estimate of drug-likeness (QED) is 0.907. The van der Waals surface area contributed by atoms with Gasteiger partial charge in [-0.15, -0.1) is 0 Å². The van der Waals surface area contributed by atoms with Gasteiger partial charge in [0.2, 0.25) is 0 Å². The third-order valence-electron chi connectivity index (χ3n) is 4.54. The molecule has 19 heavy (non-hydrogen) atoms. The minimum atomic E-state index is -0.679. The topological polar surface area (TPSA) is 53.7 Å². The van der Waals surface area contributed by atoms with Gasteiger partial charge >= 0.3 is 5.97 Å². The second-order valence-corrected chi connectivity index (χ2v) is 6.24. The van der Waals surface area contributed by atoms with E-state index in [2.05, 4.69) is 17.9 Å². The van der Waals surface area contributed by atoms with Crippen LogP contribution in [0.4, 0.5) is 0 Å². The molecule has 0 amide bonds. The first-order chi connectivity index (χ1) is 9.04. The molecule has 4 heteroatoms. The highest BCUT2D eigenvalue weighted by Crippen LogP contribution is 2.47. The zero-order valence-corrected chi connectivity index (χ0v) is 11.5. The molecule has 104 valence electrons. The first kappa shape index (κ1) is 12.7. The molecule has 2 aliphatic rings. The van der Waals surface area contributed by atoms with Crippen LogP contribution in [-0.4, -0.2) is 29.1 Å². The number of likely N-dealkylation sites (tertiary alicyclic amines) is 1. The van der Waals surface area contributed by atoms with Crippen LogP contribution in [0.1, 0.15) is 37.7 Å². The van der Waals surface area contributed by atoms with Gasteiger partial charge in [-0.05, 0) is 30.4 Å². The summed E-state index contributed by atoms with van der Waals surface area (Å²) in [6.07, 6.45) is 1.23. The Kier molecular flexibility index (Phi) is 3.13. The Morgan fingerprint density at radius 3 is 2.68 bits per heavy atom. The molecule has 1 saturated carbocycles. The molecule has 3 rings (SSSR count). The number of carboxylic acids is 1. The fourth-order valence-electron chi connectivity index (χ4n) is 3.14. The van der Waals surface area contributed by atoms with Gasteiger partial charge in [-0.3, -0.25) is 9.69 Å². The van der Waals surface area contributed by atoms with E-state index in [0.717, 1.165) is 30.5 Å². The molecule has 1 aromatic rings. The molecule has 1 saturated heterocycles. The van der Waals surface area contributed by atoms with Crippen molar-refractivity contribution in [2.24, 2.45) is 17.8 Å². The Hall–Kier alpha value is -1.29. The second-order valence-electron chi connectivity index (χ2n) is 6.24. The molecule has 0 radical (unpaired) electrons. The van der Waals surface area contributed by atoms with Crippen molar-refractivity contribution in [3.05, 3.63) is 23.7 Å². The first-order valence-electron chi connectivity index (χ1n) is 7.08. The fourth-order valence-corrected chi connectivity index (χ4v) is 3.14. The Bertz CT molecular complexity index is 481. The van der Waals surface area contributed by atoms with Crippen molar-refractivity contribution >= 4 is 5.97 Å². The maximum Gasteiger partial charge on any atom is 0.308 e. The number of aliphatic carboxylic acids is 1. The number of carboxylic acid groups (broad SMARTS) is 1. The van der Waals surface area contributed by atoms with E-state index >= 15 is 0 Å². The van der Waals surface area contributed by atoms with E-state index in [1.54, 1.807) is 0 Å². The predicted molar refractivity (Wildman–Crippen MR) is 70.8 cm³/mol. The highest BCUT2D eigenvalue weighted by Gasteiger charge is 2.37. The van der Waals surface area contributed by atoms with Crippen LogP contribution in [0, 0.1) is 17.8 Å². The van der Waals surface area contributed by atoms with Gasteiger partial charge in [-0.1, -0.05) is 13.8 Å². The van der Waals surface area contributed by atoms with Crippen molar-refractivity contribution in [1.29, 1.82) is 0 Å². The lowest BCUT2D eigenvalue weighted by Crippen LogP contribution is -2.22. The van der Waals surface area contributed by atoms with Crippen molar-refractivity contribution in [2.45, 2.75) is 32.7 Å². The van der Waals surface area contributed by atoms with E-state index in [0.29, 0.717) is 12.5 Å². The van der Waals surface area contributed by atoms with E-state index in [-0.39, 0.29) is 11.8 Å². The molecule has 0 spiro atoms. The van der Waals surface area contributed by atoms with Crippen molar-refractivity contribution in [2.75, 3.05) is 13.1 Å². The normalized spacial score (nSPS) is 34.6. The van der Waals surface area contributed by atoms with Crippen LogP contribution in [0.15, 0.2) is 16.5 Å². The zero-order valence-electron chi connectivity index (χ0n) is 11.5. The van der Waals surface area contributed by atoms with Crippen LogP contribution in [0.3, 0.4) is 0 Å². The van der Waals surface area contributed by atoms with Crippen molar-refractivity contribution in [1.82, 2.24) is 4.90 Å². The summed E-state index contributed by atoms with van der Waals surface area (Å²) < 4.78 is 5.88. The molecule has 4 nitrogen and oxygen atoms in total. The summed E-state index contributed by atoms with van der Waals surface area (Å²) in [6.45, 7) is 6.46. The zero-order chi connectivity index (χ0) is 13.6. The predicted octanol–water partition coefficient (Wildman–Crippen LogP) is 2.56. The van der Waals surface area contributed by atoms with Gasteiger partial charge in [-0.25, -0.2) is 0 Å². The molecule has 1 N–H and O–H groups in total. The lowest BCUT2D eigenvalue weighted by atomic mass is 9.99. The minimum Gasteiger partial charge on any atom is -0.481 e. The maximum atomic E-state index is 11.1. The van der Waals surface area contributed by atoms with Crippen LogP contribution >= 0.6 is 0 Å². The molecule has 2 fully saturated rings. The van der Waals surface area contributed by atoms with Gasteiger partial charge in [0.05, 0.1) is 12.5 Å². The maximum absolute atomic E-state index is 11.1. The van der Waals surface area contributed by atoms with Crippen molar-refractivity contribution in [3.63, 3.8) is 0 Å². The van der Waals surface area contributed by atoms with Gasteiger partial charge in [0.25, 0.3) is 0 Å². The SMILES string of the molecule is CC1CN(Cc2ccc(C3CC3C)o2)CC1C(=O)O. The Balaban J connectivity index is 1.60. The Morgan fingerprint density at radius 1 is 1.37 bits per heavy atom. The summed E-state index contributed by atoms with van der Waals surface area (Å²) in [4.78, 5) is 13.3. The van der Waals surface area contributed by atoms with Crippen LogP contribution < -0.4 is 0 Å². The summed E-state index contributed by atoms with van der Waals surface area (Å²) >= 11 is 0. The van der Waals surface area contributed by atoms with Gasteiger partial charge in [0.15, 0.2) is 0 Å². The molecule has 1 aromatic heterocycles. The van der Waals surface area contributed by atoms with E-state index in [4.69, 9.17) is 9.52 Å². The lowest BCUT2D eigenvalue weighted by molar-refractivity contribution is -0.142. The summed E-state index contributed by atoms with van der Waals surface area (Å²) in [7, 11) is 0. The molecule has 4 unspecified atom stereocenters. The number of rotatable bonds is 4. The number of nitrogens with zero attached hydrogens (tertiary/aromatic N) is 1. The Morgan fingerprint density at radius 2 is 2.11 bits per heavy atom. The molecule has 1 aliphatic carbocycles. The van der Waals surface area contributed by atoms with E-state index in [1.165, 1.54) is 6.42 Å². The molecule has 2 heterocycles. The van der Waals surface area contributed by atoms with Crippen molar-refractivity contribution in [3.8, 4) is 0 Å². The highest BCUT2D eigenvalue weighted by atomic mass is 16.4. The third kappa shape index (κ3) is 2.54. The van der Waals surface area contributed by atoms with Gasteiger partial charge in [0, 0.05) is 19.0 Å². The third-order valence-corrected chi connectivity index (χ3v) is 4.54. The number of hydrogen-bond acceptors (Lipinski definition) is 3. The van der Waals surface area contributed by atoms with E-state index < -0.39 is 5.97 Å². The molecule has 0 aromatic carbocycles. The number of carbonyl (C=O) groups is 1. The summed E-state index contributed by atoms with van der Waals surface area (Å²) in [5, 5.41) is 9.13. The van der Waals surface area contributed by atoms with Crippen molar-refractivity contribution < 1.29 is 14.3 Å². The fraction of sp³-hybridized carbons (Fsp3) is 0.667. The van der Waals surface area contributed by atoms with Crippen LogP contribution in [-0.2, 0) is 11.3 Å². The summed E-state index contributed by atoms with van der Waals surface area (Å²) in [5.41, 5.74) is 0. The van der Waals surface area contributed by atoms with E-state index in [1.807, 2.05) is 13.0 Å². The van der Waals surface area contributed by atoms with Gasteiger partial charge < -0.3 is 9.52 Å².